The highest BCUT2D eigenvalue weighted by Crippen LogP contribution is 2.65. The number of carbonyl (C=O) groups excluding carboxylic acids is 1. The number of nitrogens with one attached hydrogen (secondary N) is 1. The Labute approximate surface area is 155 Å². The molecule has 0 spiro atoms. The third-order valence-electron chi connectivity index (χ3n) is 4.63. The maximum atomic E-state index is 12.1. The summed E-state index contributed by atoms with van der Waals surface area (Å²) in [5.41, 5.74) is -0.985. The number of nitrogens with zero attached hydrogens (tertiary/aromatic N) is 2. The zero-order valence-electron chi connectivity index (χ0n) is 15.7. The Hall–Kier alpha value is -1.97. The molecule has 0 aromatic carbocycles. The van der Waals surface area contributed by atoms with Gasteiger partial charge in [-0.3, -0.25) is 9.42 Å². The van der Waals surface area contributed by atoms with Crippen molar-refractivity contribution < 1.29 is 32.2 Å². The topological polar surface area (TPSA) is 74.6 Å². The third-order valence-corrected chi connectivity index (χ3v) is 4.63. The molecule has 3 aliphatic rings. The zero-order chi connectivity index (χ0) is 20.1. The van der Waals surface area contributed by atoms with E-state index >= 15 is 0 Å². The quantitative estimate of drug-likeness (QED) is 0.805. The first-order chi connectivity index (χ1) is 12.3. The van der Waals surface area contributed by atoms with E-state index in [0.717, 1.165) is 19.3 Å². The Kier molecular flexibility index (Phi) is 4.61. The summed E-state index contributed by atoms with van der Waals surface area (Å²) in [6.07, 6.45) is -0.918. The molecule has 2 bridgehead atoms. The van der Waals surface area contributed by atoms with Gasteiger partial charge in [-0.1, -0.05) is 0 Å². The Morgan fingerprint density at radius 2 is 1.96 bits per heavy atom. The van der Waals surface area contributed by atoms with Gasteiger partial charge in [0.15, 0.2) is 5.75 Å². The molecular weight excluding hydrogens is 367 g/mol. The molecule has 27 heavy (non-hydrogen) atoms. The molecule has 1 atom stereocenters. The molecule has 1 heterocycles. The first kappa shape index (κ1) is 19.8. The number of rotatable bonds is 6. The molecule has 0 saturated heterocycles. The fraction of sp³-hybridized carbons (Fsp3) is 0.765. The SMILES string of the molecule is C[C@H](COc1cnn(C23CC(NC(=O)OC(C)(C)C)(C2)C3)c1)OC(F)(F)F. The number of hydrogen-bond donors (Lipinski definition) is 1. The summed E-state index contributed by atoms with van der Waals surface area (Å²) in [7, 11) is 0. The van der Waals surface area contributed by atoms with E-state index in [1.807, 2.05) is 20.8 Å². The molecule has 1 aromatic heterocycles. The van der Waals surface area contributed by atoms with E-state index in [9.17, 15) is 18.0 Å². The minimum Gasteiger partial charge on any atom is -0.488 e. The van der Waals surface area contributed by atoms with Crippen LogP contribution >= 0.6 is 0 Å². The molecule has 0 aliphatic heterocycles. The molecule has 0 radical (unpaired) electrons. The Morgan fingerprint density at radius 1 is 1.33 bits per heavy atom. The van der Waals surface area contributed by atoms with Crippen molar-refractivity contribution in [1.29, 1.82) is 0 Å². The summed E-state index contributed by atoms with van der Waals surface area (Å²) in [5.74, 6) is 0.381. The van der Waals surface area contributed by atoms with Crippen LogP contribution in [0.1, 0.15) is 47.0 Å². The summed E-state index contributed by atoms with van der Waals surface area (Å²) < 4.78 is 52.6. The van der Waals surface area contributed by atoms with Crippen LogP contribution in [0.2, 0.25) is 0 Å². The highest BCUT2D eigenvalue weighted by Gasteiger charge is 2.70. The number of aromatic nitrogens is 2. The van der Waals surface area contributed by atoms with Crippen LogP contribution in [0.3, 0.4) is 0 Å². The van der Waals surface area contributed by atoms with Crippen molar-refractivity contribution in [1.82, 2.24) is 15.1 Å². The van der Waals surface area contributed by atoms with Gasteiger partial charge in [-0.15, -0.1) is 13.2 Å². The second-order valence-electron chi connectivity index (χ2n) is 8.47. The number of alkyl carbamates (subject to hydrolysis) is 1. The van der Waals surface area contributed by atoms with Gasteiger partial charge >= 0.3 is 12.5 Å². The average molecular weight is 391 g/mol. The van der Waals surface area contributed by atoms with Gasteiger partial charge in [0.1, 0.15) is 12.2 Å². The van der Waals surface area contributed by atoms with Crippen LogP contribution < -0.4 is 10.1 Å². The number of carbonyl (C=O) groups is 1. The van der Waals surface area contributed by atoms with E-state index in [1.54, 1.807) is 10.9 Å². The molecule has 3 fully saturated rings. The number of halogens is 3. The van der Waals surface area contributed by atoms with Gasteiger partial charge < -0.3 is 14.8 Å². The molecular formula is C17H24F3N3O4. The van der Waals surface area contributed by atoms with Crippen molar-refractivity contribution in [2.75, 3.05) is 6.61 Å². The maximum absolute atomic E-state index is 12.1. The Bertz CT molecular complexity index is 691. The second kappa shape index (κ2) is 6.29. The highest BCUT2D eigenvalue weighted by molar-refractivity contribution is 5.70. The van der Waals surface area contributed by atoms with E-state index in [1.165, 1.54) is 13.1 Å². The van der Waals surface area contributed by atoms with Crippen molar-refractivity contribution in [2.24, 2.45) is 0 Å². The van der Waals surface area contributed by atoms with Crippen molar-refractivity contribution >= 4 is 6.09 Å². The van der Waals surface area contributed by atoms with Gasteiger partial charge in [-0.25, -0.2) is 4.79 Å². The van der Waals surface area contributed by atoms with Crippen molar-refractivity contribution in [3.8, 4) is 5.75 Å². The summed E-state index contributed by atoms with van der Waals surface area (Å²) in [5, 5.41) is 7.18. The number of hydrogen-bond acceptors (Lipinski definition) is 5. The Balaban J connectivity index is 1.47. The van der Waals surface area contributed by atoms with Crippen molar-refractivity contribution in [2.45, 2.75) is 76.1 Å². The number of ether oxygens (including phenoxy) is 3. The second-order valence-corrected chi connectivity index (χ2v) is 8.47. The van der Waals surface area contributed by atoms with Gasteiger partial charge in [0, 0.05) is 0 Å². The lowest BCUT2D eigenvalue weighted by atomic mass is 9.44. The molecule has 7 nitrogen and oxygen atoms in total. The van der Waals surface area contributed by atoms with Crippen molar-refractivity contribution in [3.05, 3.63) is 12.4 Å². The highest BCUT2D eigenvalue weighted by atomic mass is 19.4. The fourth-order valence-electron chi connectivity index (χ4n) is 3.75. The minimum atomic E-state index is -4.69. The normalized spacial score (nSPS) is 28.0. The molecule has 1 N–H and O–H groups in total. The predicted octanol–water partition coefficient (Wildman–Crippen LogP) is 3.34. The fourth-order valence-corrected chi connectivity index (χ4v) is 3.75. The first-order valence-corrected chi connectivity index (χ1v) is 8.74. The van der Waals surface area contributed by atoms with Gasteiger partial charge in [-0.05, 0) is 47.0 Å². The van der Waals surface area contributed by atoms with Crippen LogP contribution in [0.4, 0.5) is 18.0 Å². The van der Waals surface area contributed by atoms with Crippen LogP contribution in [0.15, 0.2) is 12.4 Å². The molecule has 0 unspecified atom stereocenters. The van der Waals surface area contributed by atoms with Crippen LogP contribution in [-0.4, -0.2) is 46.1 Å². The standard InChI is InChI=1S/C17H24F3N3O4/c1-11(26-17(18,19)20)7-25-12-5-21-23(6-12)16-8-15(9-16,10-16)22-13(24)27-14(2,3)4/h5-6,11H,7-10H2,1-4H3,(H,22,24)/t11-,15?,16?/m1/s1. The van der Waals surface area contributed by atoms with E-state index in [-0.39, 0.29) is 17.7 Å². The van der Waals surface area contributed by atoms with E-state index < -0.39 is 24.2 Å². The maximum Gasteiger partial charge on any atom is 0.522 e. The van der Waals surface area contributed by atoms with E-state index in [2.05, 4.69) is 15.2 Å². The first-order valence-electron chi connectivity index (χ1n) is 8.74. The lowest BCUT2D eigenvalue weighted by molar-refractivity contribution is -0.342. The molecule has 152 valence electrons. The van der Waals surface area contributed by atoms with Crippen LogP contribution in [0.5, 0.6) is 5.75 Å². The van der Waals surface area contributed by atoms with Crippen LogP contribution in [0, 0.1) is 0 Å². The Morgan fingerprint density at radius 3 is 2.52 bits per heavy atom. The third kappa shape index (κ3) is 4.48. The smallest absolute Gasteiger partial charge is 0.488 e. The van der Waals surface area contributed by atoms with E-state index in [4.69, 9.17) is 9.47 Å². The molecule has 10 heteroatoms. The average Bonchev–Trinajstić information content (AvgIpc) is 2.83. The minimum absolute atomic E-state index is 0.176. The van der Waals surface area contributed by atoms with Crippen LogP contribution in [-0.2, 0) is 15.0 Å². The van der Waals surface area contributed by atoms with E-state index in [0.29, 0.717) is 5.75 Å². The largest absolute Gasteiger partial charge is 0.522 e. The van der Waals surface area contributed by atoms with Gasteiger partial charge in [-0.2, -0.15) is 5.10 Å². The molecule has 4 rings (SSSR count). The summed E-state index contributed by atoms with van der Waals surface area (Å²) in [6, 6.07) is 0. The molecule has 3 saturated carbocycles. The van der Waals surface area contributed by atoms with Gasteiger partial charge in [0.05, 0.1) is 29.6 Å². The van der Waals surface area contributed by atoms with Crippen LogP contribution in [0.25, 0.3) is 0 Å². The summed E-state index contributed by atoms with van der Waals surface area (Å²) in [4.78, 5) is 11.9. The molecule has 1 amide bonds. The molecule has 1 aromatic rings. The summed E-state index contributed by atoms with van der Waals surface area (Å²) in [6.45, 7) is 6.47. The lowest BCUT2D eigenvalue weighted by Gasteiger charge is -2.69. The van der Waals surface area contributed by atoms with Gasteiger partial charge in [0.2, 0.25) is 0 Å². The van der Waals surface area contributed by atoms with Gasteiger partial charge in [0.25, 0.3) is 0 Å². The summed E-state index contributed by atoms with van der Waals surface area (Å²) >= 11 is 0. The number of alkyl halides is 3. The lowest BCUT2D eigenvalue weighted by Crippen LogP contribution is -2.79. The zero-order valence-corrected chi connectivity index (χ0v) is 15.7. The monoisotopic (exact) mass is 391 g/mol. The molecule has 3 aliphatic carbocycles. The number of amides is 1. The van der Waals surface area contributed by atoms with Crippen molar-refractivity contribution in [3.63, 3.8) is 0 Å². The predicted molar refractivity (Wildman–Crippen MR) is 88.2 cm³/mol.